The number of nitrogens with zero attached hydrogens (tertiary/aromatic N) is 2. The van der Waals surface area contributed by atoms with Gasteiger partial charge < -0.3 is 14.4 Å². The number of allylic oxidation sites excluding steroid dienone is 1. The molecule has 8 heteroatoms. The Morgan fingerprint density at radius 2 is 2.00 bits per heavy atom. The lowest BCUT2D eigenvalue weighted by molar-refractivity contribution is -0.123. The quantitative estimate of drug-likeness (QED) is 0.206. The summed E-state index contributed by atoms with van der Waals surface area (Å²) in [5.74, 6) is 2.20. The maximum absolute atomic E-state index is 13.0. The van der Waals surface area contributed by atoms with Gasteiger partial charge in [0.1, 0.15) is 5.75 Å². The van der Waals surface area contributed by atoms with Crippen molar-refractivity contribution in [3.63, 3.8) is 0 Å². The summed E-state index contributed by atoms with van der Waals surface area (Å²) < 4.78 is 15.8. The molecule has 1 aromatic heterocycles. The van der Waals surface area contributed by atoms with Crippen LogP contribution in [0.5, 0.6) is 5.75 Å². The number of methoxy groups -OCH3 is 1. The summed E-state index contributed by atoms with van der Waals surface area (Å²) in [4.78, 5) is 20.6. The first-order chi connectivity index (χ1) is 22.8. The number of fused-ring (bicyclic) bond motifs is 4. The molecule has 47 heavy (non-hydrogen) atoms. The average molecular weight is 674 g/mol. The fourth-order valence-electron chi connectivity index (χ4n) is 7.63. The smallest absolute Gasteiger partial charge is 0.233 e. The van der Waals surface area contributed by atoms with Crippen molar-refractivity contribution in [1.29, 1.82) is 0 Å². The summed E-state index contributed by atoms with van der Waals surface area (Å²) in [5.41, 5.74) is 4.85. The molecule has 0 saturated heterocycles. The second-order valence-corrected chi connectivity index (χ2v) is 15.2. The number of nitrogens with one attached hydrogen (secondary N) is 1. The molecule has 250 valence electrons. The van der Waals surface area contributed by atoms with Crippen molar-refractivity contribution >= 4 is 35.1 Å². The van der Waals surface area contributed by atoms with Gasteiger partial charge in [-0.05, 0) is 129 Å². The highest BCUT2D eigenvalue weighted by molar-refractivity contribution is 7.98. The fraction of sp³-hybridized carbons (Fsp3) is 0.487. The Hall–Kier alpha value is -3.00. The van der Waals surface area contributed by atoms with E-state index in [1.54, 1.807) is 6.20 Å². The van der Waals surface area contributed by atoms with Gasteiger partial charge in [0.2, 0.25) is 5.91 Å². The zero-order valence-corrected chi connectivity index (χ0v) is 29.7. The van der Waals surface area contributed by atoms with E-state index in [2.05, 4.69) is 64.0 Å². The number of hydrogen-bond acceptors (Lipinski definition) is 6. The van der Waals surface area contributed by atoms with Gasteiger partial charge >= 0.3 is 0 Å². The predicted octanol–water partition coefficient (Wildman–Crippen LogP) is 8.60. The third-order valence-electron chi connectivity index (χ3n) is 10.8. The van der Waals surface area contributed by atoms with Gasteiger partial charge in [-0.2, -0.15) is 0 Å². The third-order valence-corrected chi connectivity index (χ3v) is 11.8. The van der Waals surface area contributed by atoms with E-state index in [-0.39, 0.29) is 29.3 Å². The van der Waals surface area contributed by atoms with Crippen LogP contribution in [0.1, 0.15) is 62.8 Å². The minimum absolute atomic E-state index is 0.0693. The molecule has 7 rings (SSSR count). The molecule has 6 atom stereocenters. The summed E-state index contributed by atoms with van der Waals surface area (Å²) in [6, 6.07) is 18.7. The summed E-state index contributed by atoms with van der Waals surface area (Å²) >= 11 is 7.84. The van der Waals surface area contributed by atoms with Crippen LogP contribution in [0.25, 0.3) is 0 Å². The molecule has 2 bridgehead atoms. The molecule has 1 saturated carbocycles. The highest BCUT2D eigenvalue weighted by Crippen LogP contribution is 2.47. The minimum atomic E-state index is -0.0923. The highest BCUT2D eigenvalue weighted by Gasteiger charge is 2.44. The molecule has 2 aliphatic carbocycles. The van der Waals surface area contributed by atoms with Gasteiger partial charge in [0, 0.05) is 53.3 Å². The van der Waals surface area contributed by atoms with Crippen LogP contribution < -0.4 is 14.4 Å². The van der Waals surface area contributed by atoms with Gasteiger partial charge in [-0.1, -0.05) is 49.7 Å². The van der Waals surface area contributed by atoms with Crippen molar-refractivity contribution < 1.29 is 14.3 Å². The Morgan fingerprint density at radius 3 is 2.72 bits per heavy atom. The van der Waals surface area contributed by atoms with E-state index in [9.17, 15) is 4.79 Å². The monoisotopic (exact) mass is 673 g/mol. The van der Waals surface area contributed by atoms with Gasteiger partial charge in [-0.3, -0.25) is 14.5 Å². The number of anilines is 1. The van der Waals surface area contributed by atoms with Gasteiger partial charge in [0.05, 0.1) is 18.4 Å². The summed E-state index contributed by atoms with van der Waals surface area (Å²) in [6.45, 7) is 8.67. The first-order valence-corrected chi connectivity index (χ1v) is 18.3. The van der Waals surface area contributed by atoms with Crippen LogP contribution in [0, 0.1) is 30.6 Å². The lowest BCUT2D eigenvalue weighted by Crippen LogP contribution is -2.49. The van der Waals surface area contributed by atoms with E-state index in [0.29, 0.717) is 18.4 Å². The average Bonchev–Trinajstić information content (AvgIpc) is 3.21. The molecule has 4 aliphatic rings. The first kappa shape index (κ1) is 33.9. The maximum Gasteiger partial charge on any atom is 0.233 e. The van der Waals surface area contributed by atoms with Crippen LogP contribution in [-0.2, 0) is 21.4 Å². The molecule has 2 aromatic carbocycles. The second-order valence-electron chi connectivity index (χ2n) is 13.9. The van der Waals surface area contributed by atoms with E-state index in [1.165, 1.54) is 35.9 Å². The fourth-order valence-corrected chi connectivity index (χ4v) is 8.54. The third kappa shape index (κ3) is 7.68. The Kier molecular flexibility index (Phi) is 10.8. The summed E-state index contributed by atoms with van der Waals surface area (Å²) in [5, 5.41) is 0.807. The lowest BCUT2D eigenvalue weighted by atomic mass is 9.68. The summed E-state index contributed by atoms with van der Waals surface area (Å²) in [6.07, 6.45) is 12.9. The Balaban J connectivity index is 0.000000491. The number of hydrogen-bond donors (Lipinski definition) is 1. The molecule has 5 unspecified atom stereocenters. The van der Waals surface area contributed by atoms with E-state index >= 15 is 0 Å². The topological polar surface area (TPSA) is 63.7 Å². The standard InChI is InChI=1S/C33H41ClN2O3S.C6H7N/c1-21-6-4-8-30(38-3)27-12-9-24(27)18-36-19-33(15-5-7-23-16-25(34)10-13-28(23)33)20-39-31-14-11-26(17-29(31)36)40-35-32(37)22(21)2;1-6-4-2-3-5-7-6/h4,8,10-11,13-14,16-17,21-22,24,27,30H,5-7,9,12,15,18-20H2,1-3H3,(H,35,37);2-5H,1H3/b8-4+;/t21?,22?,24?,27?,30?,33-;/m0./s1. The van der Waals surface area contributed by atoms with E-state index in [1.807, 2.05) is 45.2 Å². The Bertz CT molecular complexity index is 1570. The number of pyridine rings is 1. The molecule has 2 aliphatic heterocycles. The van der Waals surface area contributed by atoms with Crippen molar-refractivity contribution in [2.24, 2.45) is 23.7 Å². The van der Waals surface area contributed by atoms with Crippen LogP contribution in [0.2, 0.25) is 5.02 Å². The molecule has 0 radical (unpaired) electrons. The van der Waals surface area contributed by atoms with Crippen LogP contribution in [0.3, 0.4) is 0 Å². The lowest BCUT2D eigenvalue weighted by Gasteiger charge is -2.46. The van der Waals surface area contributed by atoms with E-state index < -0.39 is 0 Å². The molecule has 1 spiro atoms. The van der Waals surface area contributed by atoms with Crippen molar-refractivity contribution in [3.05, 3.63) is 94.8 Å². The molecule has 6 nitrogen and oxygen atoms in total. The molecular formula is C39H48ClN3O3S. The van der Waals surface area contributed by atoms with Gasteiger partial charge in [0.15, 0.2) is 0 Å². The number of rotatable bonds is 1. The van der Waals surface area contributed by atoms with Gasteiger partial charge in [-0.15, -0.1) is 0 Å². The molecule has 3 aromatic rings. The zero-order valence-electron chi connectivity index (χ0n) is 28.1. The molecule has 1 N–H and O–H groups in total. The number of benzene rings is 2. The second kappa shape index (κ2) is 15.0. The number of carbonyl (C=O) groups excluding carboxylic acids is 1. The summed E-state index contributed by atoms with van der Waals surface area (Å²) in [7, 11) is 1.83. The Labute approximate surface area is 289 Å². The molecular weight excluding hydrogens is 626 g/mol. The minimum Gasteiger partial charge on any atom is -0.490 e. The van der Waals surface area contributed by atoms with Crippen molar-refractivity contribution in [1.82, 2.24) is 9.71 Å². The first-order valence-electron chi connectivity index (χ1n) is 17.1. The number of aryl methyl sites for hydroxylation is 2. The largest absolute Gasteiger partial charge is 0.490 e. The number of halogens is 1. The van der Waals surface area contributed by atoms with Crippen molar-refractivity contribution in [3.8, 4) is 5.75 Å². The number of amides is 1. The van der Waals surface area contributed by atoms with Crippen molar-refractivity contribution in [2.75, 3.05) is 31.7 Å². The van der Waals surface area contributed by atoms with Gasteiger partial charge in [0.25, 0.3) is 0 Å². The van der Waals surface area contributed by atoms with Crippen LogP contribution in [0.15, 0.2) is 77.8 Å². The van der Waals surface area contributed by atoms with Crippen molar-refractivity contribution in [2.45, 2.75) is 75.7 Å². The zero-order chi connectivity index (χ0) is 33.0. The Morgan fingerprint density at radius 1 is 1.13 bits per heavy atom. The number of aromatic nitrogens is 1. The normalized spacial score (nSPS) is 29.4. The highest BCUT2D eigenvalue weighted by atomic mass is 35.5. The number of ether oxygens (including phenoxy) is 2. The predicted molar refractivity (Wildman–Crippen MR) is 192 cm³/mol. The SMILES string of the molecule is COC1/C=C/CC(C)C(C)C(=O)NSc2ccc3c(c2)N(CC2CCC21)C[C@@]1(CCCc2cc(Cl)ccc21)CO3.Cc1ccccn1. The molecule has 1 amide bonds. The molecule has 1 fully saturated rings. The maximum atomic E-state index is 13.0. The van der Waals surface area contributed by atoms with E-state index in [0.717, 1.165) is 65.8 Å². The van der Waals surface area contributed by atoms with Crippen LogP contribution in [-0.4, -0.2) is 43.8 Å². The van der Waals surface area contributed by atoms with Crippen LogP contribution in [0.4, 0.5) is 5.69 Å². The van der Waals surface area contributed by atoms with Gasteiger partial charge in [-0.25, -0.2) is 0 Å². The number of carbonyl (C=O) groups is 1. The van der Waals surface area contributed by atoms with E-state index in [4.69, 9.17) is 21.1 Å². The van der Waals surface area contributed by atoms with Crippen LogP contribution >= 0.6 is 23.5 Å². The molecule has 3 heterocycles.